The van der Waals surface area contributed by atoms with Crippen LogP contribution in [0.2, 0.25) is 0 Å². The number of hydrogen-bond donors (Lipinski definition) is 1. The van der Waals surface area contributed by atoms with Crippen molar-refractivity contribution in [2.45, 2.75) is 32.4 Å². The van der Waals surface area contributed by atoms with Crippen LogP contribution in [0.25, 0.3) is 0 Å². The van der Waals surface area contributed by atoms with Crippen LogP contribution in [0.5, 0.6) is 11.5 Å². The first kappa shape index (κ1) is 15.3. The van der Waals surface area contributed by atoms with E-state index in [9.17, 15) is 9.90 Å². The van der Waals surface area contributed by atoms with Crippen LogP contribution in [0.3, 0.4) is 0 Å². The van der Waals surface area contributed by atoms with Crippen molar-refractivity contribution in [1.82, 2.24) is 9.88 Å². The van der Waals surface area contributed by atoms with Crippen LogP contribution >= 0.6 is 0 Å². The molecule has 1 fully saturated rings. The molecule has 2 aromatic rings. The first-order valence-electron chi connectivity index (χ1n) is 7.70. The van der Waals surface area contributed by atoms with Gasteiger partial charge in [-0.05, 0) is 38.0 Å². The summed E-state index contributed by atoms with van der Waals surface area (Å²) < 4.78 is 5.78. The lowest BCUT2D eigenvalue weighted by Gasteiger charge is -2.18. The van der Waals surface area contributed by atoms with Gasteiger partial charge in [0.25, 0.3) is 5.91 Å². The zero-order valence-corrected chi connectivity index (χ0v) is 13.3. The topological polar surface area (TPSA) is 62.7 Å². The van der Waals surface area contributed by atoms with Crippen LogP contribution in [0.15, 0.2) is 36.5 Å². The van der Waals surface area contributed by atoms with Gasteiger partial charge < -0.3 is 14.7 Å². The van der Waals surface area contributed by atoms with Gasteiger partial charge in [0.05, 0.1) is 0 Å². The van der Waals surface area contributed by atoms with E-state index in [-0.39, 0.29) is 18.3 Å². The molecule has 0 aliphatic heterocycles. The Bertz CT molecular complexity index is 726. The molecule has 0 bridgehead atoms. The Balaban J connectivity index is 1.78. The molecule has 0 atom stereocenters. The number of hydrogen-bond acceptors (Lipinski definition) is 4. The Morgan fingerprint density at radius 2 is 2.13 bits per heavy atom. The van der Waals surface area contributed by atoms with Gasteiger partial charge in [-0.1, -0.05) is 12.1 Å². The van der Waals surface area contributed by atoms with Crippen molar-refractivity contribution in [2.24, 2.45) is 0 Å². The van der Waals surface area contributed by atoms with Gasteiger partial charge in [0.2, 0.25) is 0 Å². The number of aromatic nitrogens is 1. The Hall–Kier alpha value is -2.56. The van der Waals surface area contributed by atoms with Crippen molar-refractivity contribution in [3.8, 4) is 11.5 Å². The van der Waals surface area contributed by atoms with Gasteiger partial charge in [-0.2, -0.15) is 0 Å². The number of pyridine rings is 1. The van der Waals surface area contributed by atoms with E-state index in [2.05, 4.69) is 4.98 Å². The normalized spacial score (nSPS) is 13.7. The van der Waals surface area contributed by atoms with Crippen LogP contribution in [-0.4, -0.2) is 34.0 Å². The van der Waals surface area contributed by atoms with Gasteiger partial charge in [0.1, 0.15) is 23.8 Å². The number of carbonyl (C=O) groups is 1. The monoisotopic (exact) mass is 312 g/mol. The fraction of sp³-hybridized carbons (Fsp3) is 0.333. The van der Waals surface area contributed by atoms with E-state index in [1.807, 2.05) is 13.1 Å². The van der Waals surface area contributed by atoms with E-state index in [4.69, 9.17) is 4.74 Å². The summed E-state index contributed by atoms with van der Waals surface area (Å²) in [7, 11) is 1.82. The summed E-state index contributed by atoms with van der Waals surface area (Å²) in [5.74, 6) is 0.723. The highest BCUT2D eigenvalue weighted by Gasteiger charge is 2.31. The van der Waals surface area contributed by atoms with Gasteiger partial charge in [-0.15, -0.1) is 0 Å². The van der Waals surface area contributed by atoms with E-state index in [0.29, 0.717) is 23.0 Å². The standard InChI is InChI=1S/C18H20N2O3/c1-12-15(21)6-3-7-16(12)23-11-13-5-4-10-19-17(13)18(22)20(2)14-8-9-14/h3-7,10,14,21H,8-9,11H2,1-2H3. The highest BCUT2D eigenvalue weighted by molar-refractivity contribution is 5.93. The summed E-state index contributed by atoms with van der Waals surface area (Å²) in [6, 6.07) is 9.12. The quantitative estimate of drug-likeness (QED) is 0.922. The summed E-state index contributed by atoms with van der Waals surface area (Å²) >= 11 is 0. The molecule has 1 saturated carbocycles. The first-order chi connectivity index (χ1) is 11.1. The van der Waals surface area contributed by atoms with E-state index in [0.717, 1.165) is 18.4 Å². The van der Waals surface area contributed by atoms with Crippen molar-refractivity contribution in [3.63, 3.8) is 0 Å². The molecular formula is C18H20N2O3. The van der Waals surface area contributed by atoms with E-state index < -0.39 is 0 Å². The van der Waals surface area contributed by atoms with Crippen LogP contribution in [0.1, 0.15) is 34.5 Å². The summed E-state index contributed by atoms with van der Waals surface area (Å²) in [6.45, 7) is 2.03. The molecule has 1 N–H and O–H groups in total. The molecule has 0 unspecified atom stereocenters. The molecule has 1 aromatic carbocycles. The second-order valence-electron chi connectivity index (χ2n) is 5.85. The Labute approximate surface area is 135 Å². The minimum Gasteiger partial charge on any atom is -0.508 e. The van der Waals surface area contributed by atoms with Gasteiger partial charge in [-0.25, -0.2) is 0 Å². The summed E-state index contributed by atoms with van der Waals surface area (Å²) in [5.41, 5.74) is 1.85. The molecule has 120 valence electrons. The van der Waals surface area contributed by atoms with Gasteiger partial charge in [0, 0.05) is 30.4 Å². The lowest BCUT2D eigenvalue weighted by atomic mass is 10.1. The number of phenolic OH excluding ortho intramolecular Hbond substituents is 1. The molecule has 1 aliphatic rings. The van der Waals surface area contributed by atoms with Crippen LogP contribution in [-0.2, 0) is 6.61 Å². The largest absolute Gasteiger partial charge is 0.508 e. The van der Waals surface area contributed by atoms with Crippen LogP contribution in [0.4, 0.5) is 0 Å². The molecular weight excluding hydrogens is 292 g/mol. The third kappa shape index (κ3) is 3.28. The predicted octanol–water partition coefficient (Wildman–Crippen LogP) is 2.91. The second kappa shape index (κ2) is 6.28. The molecule has 3 rings (SSSR count). The molecule has 23 heavy (non-hydrogen) atoms. The highest BCUT2D eigenvalue weighted by atomic mass is 16.5. The molecule has 1 aliphatic carbocycles. The number of aromatic hydroxyl groups is 1. The second-order valence-corrected chi connectivity index (χ2v) is 5.85. The smallest absolute Gasteiger partial charge is 0.272 e. The Kier molecular flexibility index (Phi) is 4.19. The molecule has 0 radical (unpaired) electrons. The van der Waals surface area contributed by atoms with Gasteiger partial charge in [0.15, 0.2) is 0 Å². The molecule has 5 heteroatoms. The van der Waals surface area contributed by atoms with Gasteiger partial charge in [-0.3, -0.25) is 9.78 Å². The minimum atomic E-state index is -0.0701. The van der Waals surface area contributed by atoms with Crippen molar-refractivity contribution >= 4 is 5.91 Å². The summed E-state index contributed by atoms with van der Waals surface area (Å²) in [4.78, 5) is 18.5. The first-order valence-corrected chi connectivity index (χ1v) is 7.70. The zero-order chi connectivity index (χ0) is 16.4. The van der Waals surface area contributed by atoms with Crippen molar-refractivity contribution in [3.05, 3.63) is 53.3 Å². The third-order valence-corrected chi connectivity index (χ3v) is 4.15. The molecule has 1 aromatic heterocycles. The van der Waals surface area contributed by atoms with Crippen LogP contribution in [0, 0.1) is 6.92 Å². The lowest BCUT2D eigenvalue weighted by molar-refractivity contribution is 0.0776. The van der Waals surface area contributed by atoms with E-state index in [1.165, 1.54) is 0 Å². The van der Waals surface area contributed by atoms with Crippen molar-refractivity contribution in [2.75, 3.05) is 7.05 Å². The molecule has 1 heterocycles. The van der Waals surface area contributed by atoms with Crippen molar-refractivity contribution in [1.29, 1.82) is 0 Å². The Morgan fingerprint density at radius 3 is 2.87 bits per heavy atom. The number of rotatable bonds is 5. The fourth-order valence-corrected chi connectivity index (χ4v) is 2.46. The summed E-state index contributed by atoms with van der Waals surface area (Å²) in [5, 5.41) is 9.73. The summed E-state index contributed by atoms with van der Waals surface area (Å²) in [6.07, 6.45) is 3.74. The molecule has 0 spiro atoms. The number of benzene rings is 1. The maximum atomic E-state index is 12.5. The number of ether oxygens (including phenoxy) is 1. The zero-order valence-electron chi connectivity index (χ0n) is 13.3. The molecule has 1 amide bonds. The van der Waals surface area contributed by atoms with Crippen molar-refractivity contribution < 1.29 is 14.6 Å². The van der Waals surface area contributed by atoms with Gasteiger partial charge >= 0.3 is 0 Å². The number of phenols is 1. The minimum absolute atomic E-state index is 0.0701. The van der Waals surface area contributed by atoms with E-state index >= 15 is 0 Å². The van der Waals surface area contributed by atoms with E-state index in [1.54, 1.807) is 42.3 Å². The Morgan fingerprint density at radius 1 is 1.35 bits per heavy atom. The maximum absolute atomic E-state index is 12.5. The number of amides is 1. The average Bonchev–Trinajstić information content (AvgIpc) is 3.40. The molecule has 5 nitrogen and oxygen atoms in total. The number of nitrogens with zero attached hydrogens (tertiary/aromatic N) is 2. The highest BCUT2D eigenvalue weighted by Crippen LogP contribution is 2.28. The predicted molar refractivity (Wildman–Crippen MR) is 86.5 cm³/mol. The molecule has 0 saturated heterocycles. The lowest BCUT2D eigenvalue weighted by Crippen LogP contribution is -2.30. The van der Waals surface area contributed by atoms with Crippen LogP contribution < -0.4 is 4.74 Å². The number of carbonyl (C=O) groups excluding carboxylic acids is 1. The fourth-order valence-electron chi connectivity index (χ4n) is 2.46. The SMILES string of the molecule is Cc1c(O)cccc1OCc1cccnc1C(=O)N(C)C1CC1. The third-order valence-electron chi connectivity index (χ3n) is 4.15. The average molecular weight is 312 g/mol. The maximum Gasteiger partial charge on any atom is 0.272 e.